The molecule has 6 aliphatic rings. The highest BCUT2D eigenvalue weighted by molar-refractivity contribution is 5.66. The molecule has 0 radical (unpaired) electrons. The maximum absolute atomic E-state index is 4.55. The molecular formula is C26H18N2. The molecule has 2 heterocycles. The minimum absolute atomic E-state index is 0.291. The molecule has 0 amide bonds. The molecule has 10 rings (SSSR count). The monoisotopic (exact) mass is 358 g/mol. The van der Waals surface area contributed by atoms with E-state index in [0.717, 1.165) is 0 Å². The predicted octanol–water partition coefficient (Wildman–Crippen LogP) is 5.34. The summed E-state index contributed by atoms with van der Waals surface area (Å²) >= 11 is 0. The fraction of sp³-hybridized carbons (Fsp3) is 0.154. The van der Waals surface area contributed by atoms with Gasteiger partial charge in [-0.25, -0.2) is 0 Å². The van der Waals surface area contributed by atoms with Crippen LogP contribution in [-0.2, 0) is 0 Å². The van der Waals surface area contributed by atoms with Crippen molar-refractivity contribution in [3.05, 3.63) is 130 Å². The van der Waals surface area contributed by atoms with Crippen LogP contribution in [0.1, 0.15) is 68.2 Å². The van der Waals surface area contributed by atoms with E-state index < -0.39 is 0 Å². The number of rotatable bonds is 0. The Morgan fingerprint density at radius 3 is 1.11 bits per heavy atom. The van der Waals surface area contributed by atoms with E-state index >= 15 is 0 Å². The average molecular weight is 358 g/mol. The molecule has 0 fully saturated rings. The van der Waals surface area contributed by atoms with Gasteiger partial charge in [-0.3, -0.25) is 9.97 Å². The largest absolute Gasteiger partial charge is 0.264 e. The normalized spacial score (nSPS) is 25.1. The molecule has 0 spiro atoms. The van der Waals surface area contributed by atoms with Crippen molar-refractivity contribution in [2.24, 2.45) is 0 Å². The average Bonchev–Trinajstić information content (AvgIpc) is 2.74. The van der Waals surface area contributed by atoms with Gasteiger partial charge in [0.15, 0.2) is 0 Å². The van der Waals surface area contributed by atoms with Crippen LogP contribution in [-0.4, -0.2) is 9.97 Å². The summed E-state index contributed by atoms with van der Waals surface area (Å²) in [5.41, 5.74) is 11.6. The minimum atomic E-state index is 0.291. The maximum Gasteiger partial charge on any atom is 0.0309 e. The lowest BCUT2D eigenvalue weighted by Crippen LogP contribution is -2.35. The molecule has 4 aromatic rings. The number of aromatic nitrogens is 2. The van der Waals surface area contributed by atoms with E-state index in [-0.39, 0.29) is 0 Å². The van der Waals surface area contributed by atoms with Crippen LogP contribution in [0.4, 0.5) is 0 Å². The van der Waals surface area contributed by atoms with Gasteiger partial charge in [-0.1, -0.05) is 48.5 Å². The molecule has 132 valence electrons. The Balaban J connectivity index is 1.69. The predicted molar refractivity (Wildman–Crippen MR) is 109 cm³/mol. The number of hydrogen-bond donors (Lipinski definition) is 0. The Labute approximate surface area is 163 Å². The minimum Gasteiger partial charge on any atom is -0.264 e. The zero-order valence-corrected chi connectivity index (χ0v) is 15.3. The third kappa shape index (κ3) is 1.65. The van der Waals surface area contributed by atoms with Gasteiger partial charge in [-0.05, 0) is 56.6 Å². The molecular weight excluding hydrogens is 340 g/mol. The first-order chi connectivity index (χ1) is 13.9. The van der Waals surface area contributed by atoms with E-state index in [0.29, 0.717) is 23.7 Å². The molecule has 4 atom stereocenters. The molecule has 6 aliphatic carbocycles. The number of pyridine rings is 2. The second-order valence-corrected chi connectivity index (χ2v) is 8.18. The molecule has 0 aliphatic heterocycles. The van der Waals surface area contributed by atoms with Crippen LogP contribution in [0, 0.1) is 0 Å². The number of nitrogens with zero attached hydrogens (tertiary/aromatic N) is 2. The van der Waals surface area contributed by atoms with Gasteiger partial charge in [0.25, 0.3) is 0 Å². The topological polar surface area (TPSA) is 25.8 Å². The number of benzene rings is 2. The van der Waals surface area contributed by atoms with Crippen molar-refractivity contribution in [2.45, 2.75) is 23.7 Å². The van der Waals surface area contributed by atoms with Crippen LogP contribution < -0.4 is 0 Å². The molecule has 0 N–H and O–H groups in total. The maximum atomic E-state index is 4.55. The van der Waals surface area contributed by atoms with Crippen LogP contribution >= 0.6 is 0 Å². The number of hydrogen-bond acceptors (Lipinski definition) is 2. The van der Waals surface area contributed by atoms with E-state index in [1.165, 1.54) is 44.5 Å². The molecule has 0 saturated carbocycles. The molecule has 4 bridgehead atoms. The first-order valence-electron chi connectivity index (χ1n) is 9.98. The Bertz CT molecular complexity index is 969. The van der Waals surface area contributed by atoms with Gasteiger partial charge in [0.05, 0.1) is 0 Å². The Morgan fingerprint density at radius 1 is 0.393 bits per heavy atom. The van der Waals surface area contributed by atoms with Gasteiger partial charge in [0.2, 0.25) is 0 Å². The van der Waals surface area contributed by atoms with Crippen molar-refractivity contribution < 1.29 is 0 Å². The highest BCUT2D eigenvalue weighted by Crippen LogP contribution is 2.63. The van der Waals surface area contributed by atoms with Crippen molar-refractivity contribution in [3.8, 4) is 0 Å². The molecule has 0 saturated heterocycles. The zero-order valence-electron chi connectivity index (χ0n) is 15.3. The SMILES string of the molecule is c1ccc2c(c1)C1c3cnccc3[C@H]2[C@H]2c3ccccc3C1c1ccncc12. The summed E-state index contributed by atoms with van der Waals surface area (Å²) in [6, 6.07) is 22.6. The lowest BCUT2D eigenvalue weighted by molar-refractivity contribution is 0.526. The van der Waals surface area contributed by atoms with Crippen molar-refractivity contribution in [1.82, 2.24) is 9.97 Å². The first kappa shape index (κ1) is 14.8. The lowest BCUT2D eigenvalue weighted by atomic mass is 9.53. The second-order valence-electron chi connectivity index (χ2n) is 8.18. The summed E-state index contributed by atoms with van der Waals surface area (Å²) in [5, 5.41) is 0. The van der Waals surface area contributed by atoms with Crippen molar-refractivity contribution >= 4 is 0 Å². The van der Waals surface area contributed by atoms with Crippen LogP contribution in [0.5, 0.6) is 0 Å². The van der Waals surface area contributed by atoms with E-state index in [9.17, 15) is 0 Å². The Hall–Kier alpha value is -3.26. The van der Waals surface area contributed by atoms with Crippen LogP contribution in [0.25, 0.3) is 0 Å². The fourth-order valence-corrected chi connectivity index (χ4v) is 6.18. The summed E-state index contributed by atoms with van der Waals surface area (Å²) < 4.78 is 0. The fourth-order valence-electron chi connectivity index (χ4n) is 6.18. The van der Waals surface area contributed by atoms with Crippen LogP contribution in [0.2, 0.25) is 0 Å². The second kappa shape index (κ2) is 5.17. The molecule has 2 aromatic carbocycles. The summed E-state index contributed by atoms with van der Waals surface area (Å²) in [5.74, 6) is 1.19. The van der Waals surface area contributed by atoms with E-state index in [1.807, 2.05) is 12.4 Å². The van der Waals surface area contributed by atoms with Crippen molar-refractivity contribution in [2.75, 3.05) is 0 Å². The zero-order chi connectivity index (χ0) is 18.2. The Morgan fingerprint density at radius 2 is 0.714 bits per heavy atom. The molecule has 28 heavy (non-hydrogen) atoms. The van der Waals surface area contributed by atoms with Gasteiger partial charge in [-0.15, -0.1) is 0 Å². The van der Waals surface area contributed by atoms with Gasteiger partial charge < -0.3 is 0 Å². The summed E-state index contributed by atoms with van der Waals surface area (Å²) in [4.78, 5) is 9.09. The molecule has 2 nitrogen and oxygen atoms in total. The van der Waals surface area contributed by atoms with E-state index in [2.05, 4.69) is 83.0 Å². The van der Waals surface area contributed by atoms with Gasteiger partial charge in [0.1, 0.15) is 0 Å². The van der Waals surface area contributed by atoms with Gasteiger partial charge >= 0.3 is 0 Å². The van der Waals surface area contributed by atoms with E-state index in [4.69, 9.17) is 0 Å². The molecule has 2 aromatic heterocycles. The Kier molecular flexibility index (Phi) is 2.72. The standard InChI is InChI=1S/C26H18N2/c1-3-7-17-15(5-1)23-19-9-11-27-13-21(19)25(17)24-16-6-2-4-8-18(16)26(23)22-14-28-12-10-20(22)24/h1-14,23-26H/t23-,24?,25?,26-/m0/s1. The van der Waals surface area contributed by atoms with Crippen LogP contribution in [0.15, 0.2) is 85.5 Å². The van der Waals surface area contributed by atoms with Gasteiger partial charge in [0, 0.05) is 48.5 Å². The smallest absolute Gasteiger partial charge is 0.0309 e. The summed E-state index contributed by atoms with van der Waals surface area (Å²) in [6.07, 6.45) is 8.16. The lowest BCUT2D eigenvalue weighted by Gasteiger charge is -2.49. The highest BCUT2D eigenvalue weighted by Gasteiger charge is 2.49. The van der Waals surface area contributed by atoms with Crippen molar-refractivity contribution in [1.29, 1.82) is 0 Å². The quantitative estimate of drug-likeness (QED) is 0.424. The highest BCUT2D eigenvalue weighted by atomic mass is 14.7. The van der Waals surface area contributed by atoms with Crippen LogP contribution in [0.3, 0.4) is 0 Å². The molecule has 2 heteroatoms. The summed E-state index contributed by atoms with van der Waals surface area (Å²) in [7, 11) is 0. The first-order valence-corrected chi connectivity index (χ1v) is 9.98. The molecule has 2 unspecified atom stereocenters. The van der Waals surface area contributed by atoms with Crippen molar-refractivity contribution in [3.63, 3.8) is 0 Å². The van der Waals surface area contributed by atoms with Gasteiger partial charge in [-0.2, -0.15) is 0 Å². The third-order valence-electron chi connectivity index (χ3n) is 7.11. The summed E-state index contributed by atoms with van der Waals surface area (Å²) in [6.45, 7) is 0. The van der Waals surface area contributed by atoms with E-state index in [1.54, 1.807) is 0 Å². The third-order valence-corrected chi connectivity index (χ3v) is 7.11.